The molecule has 3 rings (SSSR count). The van der Waals surface area contributed by atoms with Gasteiger partial charge < -0.3 is 5.73 Å². The summed E-state index contributed by atoms with van der Waals surface area (Å²) >= 11 is 1.09. The number of carbonyl (C=O) groups excluding carboxylic acids is 1. The summed E-state index contributed by atoms with van der Waals surface area (Å²) < 4.78 is 27.1. The van der Waals surface area contributed by atoms with Crippen molar-refractivity contribution in [1.82, 2.24) is 4.98 Å². The molecule has 0 fully saturated rings. The lowest BCUT2D eigenvalue weighted by molar-refractivity contribution is 0.103. The van der Waals surface area contributed by atoms with Crippen LogP contribution in [0.25, 0.3) is 10.2 Å². The molecule has 0 aliphatic heterocycles. The number of aromatic nitrogens is 1. The molecule has 0 spiro atoms. The van der Waals surface area contributed by atoms with E-state index in [1.54, 1.807) is 0 Å². The zero-order chi connectivity index (χ0) is 16.0. The number of nitrogen functional groups attached to an aromatic ring is 1. The summed E-state index contributed by atoms with van der Waals surface area (Å²) in [6.07, 6.45) is 0. The molecule has 0 aliphatic rings. The summed E-state index contributed by atoms with van der Waals surface area (Å²) in [7, 11) is 0. The highest BCUT2D eigenvalue weighted by molar-refractivity contribution is 7.21. The Kier molecular flexibility index (Phi) is 3.41. The van der Waals surface area contributed by atoms with Gasteiger partial charge in [-0.3, -0.25) is 4.79 Å². The van der Waals surface area contributed by atoms with E-state index in [2.05, 4.69) is 4.98 Å². The fourth-order valence-corrected chi connectivity index (χ4v) is 3.27. The molecule has 112 valence electrons. The minimum atomic E-state index is -0.774. The van der Waals surface area contributed by atoms with Gasteiger partial charge in [0.05, 0.1) is 11.3 Å². The van der Waals surface area contributed by atoms with Crippen LogP contribution in [0.2, 0.25) is 0 Å². The molecule has 0 saturated heterocycles. The van der Waals surface area contributed by atoms with Crippen LogP contribution in [-0.2, 0) is 0 Å². The second-order valence-corrected chi connectivity index (χ2v) is 6.04. The Morgan fingerprint density at radius 2 is 1.95 bits per heavy atom. The van der Waals surface area contributed by atoms with Crippen LogP contribution in [0.3, 0.4) is 0 Å². The van der Waals surface area contributed by atoms with Crippen molar-refractivity contribution in [3.05, 3.63) is 57.6 Å². The van der Waals surface area contributed by atoms with Gasteiger partial charge in [0.2, 0.25) is 5.78 Å². The molecule has 0 saturated carbocycles. The molecule has 2 N–H and O–H groups in total. The number of nitrogens with two attached hydrogens (primary N) is 1. The summed E-state index contributed by atoms with van der Waals surface area (Å²) in [5.74, 6) is -2.08. The van der Waals surface area contributed by atoms with Crippen LogP contribution >= 0.6 is 11.3 Å². The van der Waals surface area contributed by atoms with Crippen molar-refractivity contribution in [2.45, 2.75) is 13.8 Å². The number of hydrogen-bond donors (Lipinski definition) is 1. The van der Waals surface area contributed by atoms with Crippen molar-refractivity contribution < 1.29 is 13.6 Å². The van der Waals surface area contributed by atoms with Crippen LogP contribution in [0.4, 0.5) is 14.5 Å². The largest absolute Gasteiger partial charge is 0.397 e. The van der Waals surface area contributed by atoms with Gasteiger partial charge in [0.1, 0.15) is 21.3 Å². The maximum Gasteiger partial charge on any atom is 0.208 e. The molecule has 3 aromatic rings. The van der Waals surface area contributed by atoms with E-state index in [1.165, 1.54) is 0 Å². The maximum absolute atomic E-state index is 13.8. The van der Waals surface area contributed by atoms with Crippen LogP contribution < -0.4 is 5.73 Å². The van der Waals surface area contributed by atoms with E-state index in [-0.39, 0.29) is 16.1 Å². The lowest BCUT2D eigenvalue weighted by Crippen LogP contribution is -2.05. The Labute approximate surface area is 129 Å². The number of halogens is 2. The molecule has 6 heteroatoms. The van der Waals surface area contributed by atoms with Gasteiger partial charge in [0.25, 0.3) is 0 Å². The zero-order valence-corrected chi connectivity index (χ0v) is 12.7. The Morgan fingerprint density at radius 1 is 1.23 bits per heavy atom. The van der Waals surface area contributed by atoms with E-state index in [0.717, 1.165) is 40.8 Å². The van der Waals surface area contributed by atoms with Gasteiger partial charge in [-0.25, -0.2) is 13.8 Å². The van der Waals surface area contributed by atoms with Crippen molar-refractivity contribution in [2.24, 2.45) is 0 Å². The van der Waals surface area contributed by atoms with E-state index in [0.29, 0.717) is 10.2 Å². The summed E-state index contributed by atoms with van der Waals surface area (Å²) in [6, 6.07) is 4.63. The molecule has 0 atom stereocenters. The number of anilines is 1. The number of benzene rings is 1. The van der Waals surface area contributed by atoms with Crippen LogP contribution in [0.5, 0.6) is 0 Å². The molecule has 22 heavy (non-hydrogen) atoms. The lowest BCUT2D eigenvalue weighted by atomic mass is 10.1. The molecular weight excluding hydrogens is 306 g/mol. The summed E-state index contributed by atoms with van der Waals surface area (Å²) in [5, 5.41) is 0.660. The Bertz CT molecular complexity index is 918. The van der Waals surface area contributed by atoms with E-state index >= 15 is 0 Å². The minimum absolute atomic E-state index is 0.178. The molecule has 0 radical (unpaired) electrons. The van der Waals surface area contributed by atoms with Gasteiger partial charge in [0.15, 0.2) is 0 Å². The first-order valence-electron chi connectivity index (χ1n) is 6.54. The Morgan fingerprint density at radius 3 is 2.68 bits per heavy atom. The van der Waals surface area contributed by atoms with Crippen molar-refractivity contribution in [1.29, 1.82) is 0 Å². The number of ketones is 1. The topological polar surface area (TPSA) is 56.0 Å². The van der Waals surface area contributed by atoms with Gasteiger partial charge in [-0.15, -0.1) is 11.3 Å². The molecule has 0 bridgehead atoms. The molecular formula is C16H12F2N2OS. The third-order valence-corrected chi connectivity index (χ3v) is 4.66. The highest BCUT2D eigenvalue weighted by atomic mass is 32.1. The number of hydrogen-bond acceptors (Lipinski definition) is 4. The second-order valence-electron chi connectivity index (χ2n) is 5.04. The number of rotatable bonds is 2. The highest BCUT2D eigenvalue weighted by Gasteiger charge is 2.22. The predicted molar refractivity (Wildman–Crippen MR) is 83.3 cm³/mol. The predicted octanol–water partition coefficient (Wildman–Crippen LogP) is 4.00. The first-order valence-corrected chi connectivity index (χ1v) is 7.36. The van der Waals surface area contributed by atoms with Crippen LogP contribution in [0, 0.1) is 25.5 Å². The van der Waals surface area contributed by atoms with Gasteiger partial charge in [-0.05, 0) is 43.7 Å². The van der Waals surface area contributed by atoms with Gasteiger partial charge in [0, 0.05) is 11.1 Å². The molecule has 0 aliphatic carbocycles. The fourth-order valence-electron chi connectivity index (χ4n) is 2.19. The molecule has 0 unspecified atom stereocenters. The standard InChI is InChI=1S/C16H12F2N2OS/c1-7-5-11-13(19)15(22-16(11)20-8(7)2)14(21)10-6-9(17)3-4-12(10)18/h3-6H,19H2,1-2H3. The van der Waals surface area contributed by atoms with Gasteiger partial charge in [-0.2, -0.15) is 0 Å². The first kappa shape index (κ1) is 14.6. The normalized spacial score (nSPS) is 11.1. The number of pyridine rings is 1. The number of thiophene rings is 1. The van der Waals surface area contributed by atoms with Crippen LogP contribution in [0.1, 0.15) is 26.5 Å². The lowest BCUT2D eigenvalue weighted by Gasteiger charge is -2.02. The summed E-state index contributed by atoms with van der Waals surface area (Å²) in [4.78, 5) is 17.7. The molecule has 2 heterocycles. The van der Waals surface area contributed by atoms with E-state index < -0.39 is 17.4 Å². The highest BCUT2D eigenvalue weighted by Crippen LogP contribution is 2.35. The molecule has 2 aromatic heterocycles. The fraction of sp³-hybridized carbons (Fsp3) is 0.125. The first-order chi connectivity index (χ1) is 10.4. The smallest absolute Gasteiger partial charge is 0.208 e. The number of fused-ring (bicyclic) bond motifs is 1. The Hall–Kier alpha value is -2.34. The van der Waals surface area contributed by atoms with Crippen LogP contribution in [0.15, 0.2) is 24.3 Å². The second kappa shape index (κ2) is 5.14. The van der Waals surface area contributed by atoms with Crippen molar-refractivity contribution in [2.75, 3.05) is 5.73 Å². The third-order valence-electron chi connectivity index (χ3n) is 3.54. The molecule has 3 nitrogen and oxygen atoms in total. The number of nitrogens with zero attached hydrogens (tertiary/aromatic N) is 1. The van der Waals surface area contributed by atoms with E-state index in [9.17, 15) is 13.6 Å². The zero-order valence-electron chi connectivity index (χ0n) is 11.9. The van der Waals surface area contributed by atoms with Crippen molar-refractivity contribution in [3.8, 4) is 0 Å². The number of aryl methyl sites for hydroxylation is 2. The number of carbonyl (C=O) groups is 1. The van der Waals surface area contributed by atoms with Gasteiger partial charge >= 0.3 is 0 Å². The quantitative estimate of drug-likeness (QED) is 0.727. The molecule has 1 aromatic carbocycles. The van der Waals surface area contributed by atoms with Crippen LogP contribution in [-0.4, -0.2) is 10.8 Å². The third kappa shape index (κ3) is 2.25. The van der Waals surface area contributed by atoms with Crippen molar-refractivity contribution in [3.63, 3.8) is 0 Å². The van der Waals surface area contributed by atoms with Crippen molar-refractivity contribution >= 4 is 33.0 Å². The summed E-state index contributed by atoms with van der Waals surface area (Å²) in [5.41, 5.74) is 7.73. The average molecular weight is 318 g/mol. The Balaban J connectivity index is 2.19. The van der Waals surface area contributed by atoms with E-state index in [1.807, 2.05) is 19.9 Å². The minimum Gasteiger partial charge on any atom is -0.397 e. The molecule has 0 amide bonds. The average Bonchev–Trinajstić information content (AvgIpc) is 2.78. The maximum atomic E-state index is 13.8. The monoisotopic (exact) mass is 318 g/mol. The summed E-state index contributed by atoms with van der Waals surface area (Å²) in [6.45, 7) is 3.75. The SMILES string of the molecule is Cc1cc2c(N)c(C(=O)c3cc(F)ccc3F)sc2nc1C. The van der Waals surface area contributed by atoms with Gasteiger partial charge in [-0.1, -0.05) is 0 Å². The van der Waals surface area contributed by atoms with E-state index in [4.69, 9.17) is 5.73 Å².